The van der Waals surface area contributed by atoms with Crippen LogP contribution in [0.5, 0.6) is 0 Å². The Morgan fingerprint density at radius 2 is 1.87 bits per heavy atom. The molecule has 0 fully saturated rings. The first-order valence-corrected chi connectivity index (χ1v) is 5.45. The predicted octanol–water partition coefficient (Wildman–Crippen LogP) is 0.718. The number of aromatic nitrogens is 3. The fourth-order valence-corrected chi connectivity index (χ4v) is 1.61. The lowest BCUT2D eigenvalue weighted by atomic mass is 10.2. The van der Waals surface area contributed by atoms with Gasteiger partial charge >= 0.3 is 0 Å². The number of hydrogen-bond donors (Lipinski definition) is 2. The van der Waals surface area contributed by atoms with Crippen molar-refractivity contribution in [1.82, 2.24) is 15.2 Å². The van der Waals surface area contributed by atoms with E-state index in [9.17, 15) is 8.42 Å². The van der Waals surface area contributed by atoms with Gasteiger partial charge in [-0.3, -0.25) is 9.65 Å². The molecule has 0 saturated carbocycles. The second kappa shape index (κ2) is 3.44. The van der Waals surface area contributed by atoms with Crippen molar-refractivity contribution in [2.75, 3.05) is 0 Å². The number of hydrogen-bond acceptors (Lipinski definition) is 4. The Morgan fingerprint density at radius 3 is 2.33 bits per heavy atom. The molecule has 2 rings (SSSR count). The smallest absolute Gasteiger partial charge is 0.282 e. The fourth-order valence-electron chi connectivity index (χ4n) is 1.13. The summed E-state index contributed by atoms with van der Waals surface area (Å²) in [6.07, 6.45) is 1.35. The largest absolute Gasteiger partial charge is 0.294 e. The van der Waals surface area contributed by atoms with E-state index in [1.54, 1.807) is 0 Å². The topological polar surface area (TPSA) is 95.9 Å². The van der Waals surface area contributed by atoms with Gasteiger partial charge in [-0.25, -0.2) is 4.98 Å². The minimum atomic E-state index is -4.13. The maximum Gasteiger partial charge on any atom is 0.294 e. The molecule has 15 heavy (non-hydrogen) atoms. The van der Waals surface area contributed by atoms with Gasteiger partial charge in [-0.1, -0.05) is 0 Å². The van der Waals surface area contributed by atoms with E-state index >= 15 is 0 Å². The maximum absolute atomic E-state index is 10.8. The minimum absolute atomic E-state index is 0.147. The maximum atomic E-state index is 10.8. The number of nitrogens with one attached hydrogen (secondary N) is 1. The van der Waals surface area contributed by atoms with Gasteiger partial charge < -0.3 is 0 Å². The summed E-state index contributed by atoms with van der Waals surface area (Å²) < 4.78 is 30.2. The van der Waals surface area contributed by atoms with Crippen LogP contribution in [0, 0.1) is 0 Å². The molecule has 2 aromatic rings. The summed E-state index contributed by atoms with van der Waals surface area (Å²) in [7, 11) is -4.13. The molecule has 0 bridgehead atoms. The first kappa shape index (κ1) is 9.81. The van der Waals surface area contributed by atoms with Crippen LogP contribution in [0.2, 0.25) is 0 Å². The van der Waals surface area contributed by atoms with Crippen LogP contribution < -0.4 is 0 Å². The Morgan fingerprint density at radius 1 is 1.20 bits per heavy atom. The van der Waals surface area contributed by atoms with Crippen molar-refractivity contribution in [2.45, 2.75) is 4.90 Å². The third-order valence-electron chi connectivity index (χ3n) is 1.84. The number of rotatable bonds is 2. The molecule has 0 radical (unpaired) electrons. The van der Waals surface area contributed by atoms with Crippen LogP contribution in [-0.4, -0.2) is 28.2 Å². The van der Waals surface area contributed by atoms with Crippen molar-refractivity contribution in [3.8, 4) is 11.4 Å². The lowest BCUT2D eigenvalue weighted by Crippen LogP contribution is -1.97. The summed E-state index contributed by atoms with van der Waals surface area (Å²) in [5, 5.41) is 6.30. The molecule has 0 aliphatic heterocycles. The summed E-state index contributed by atoms with van der Waals surface area (Å²) >= 11 is 0. The first-order valence-electron chi connectivity index (χ1n) is 4.01. The highest BCUT2D eigenvalue weighted by molar-refractivity contribution is 7.85. The van der Waals surface area contributed by atoms with Gasteiger partial charge in [0.1, 0.15) is 6.33 Å². The molecule has 2 N–H and O–H groups in total. The normalized spacial score (nSPS) is 11.5. The van der Waals surface area contributed by atoms with Gasteiger partial charge in [0.2, 0.25) is 0 Å². The third kappa shape index (κ3) is 2.03. The Bertz CT molecular complexity index is 545. The van der Waals surface area contributed by atoms with Gasteiger partial charge in [-0.15, -0.1) is 0 Å². The van der Waals surface area contributed by atoms with Crippen LogP contribution in [0.4, 0.5) is 0 Å². The van der Waals surface area contributed by atoms with E-state index in [4.69, 9.17) is 4.55 Å². The lowest BCUT2D eigenvalue weighted by molar-refractivity contribution is 0.483. The Labute approximate surface area is 85.7 Å². The standard InChI is InChI=1S/C8H7N3O3S/c12-15(13,14)7-3-1-6(2-4-7)8-9-5-10-11-8/h1-5H,(H,9,10,11)(H,12,13,14). The van der Waals surface area contributed by atoms with E-state index in [0.29, 0.717) is 11.4 Å². The average Bonchev–Trinajstić information content (AvgIpc) is 2.69. The molecule has 0 atom stereocenters. The van der Waals surface area contributed by atoms with Gasteiger partial charge in [-0.2, -0.15) is 13.5 Å². The highest BCUT2D eigenvalue weighted by Gasteiger charge is 2.09. The monoisotopic (exact) mass is 225 g/mol. The second-order valence-corrected chi connectivity index (χ2v) is 4.26. The second-order valence-electron chi connectivity index (χ2n) is 2.83. The molecule has 0 amide bonds. The van der Waals surface area contributed by atoms with E-state index in [-0.39, 0.29) is 4.90 Å². The molecule has 1 aromatic carbocycles. The minimum Gasteiger partial charge on any atom is -0.282 e. The van der Waals surface area contributed by atoms with Crippen LogP contribution in [0.15, 0.2) is 35.5 Å². The van der Waals surface area contributed by atoms with Gasteiger partial charge in [-0.05, 0) is 24.3 Å². The fraction of sp³-hybridized carbons (Fsp3) is 0. The predicted molar refractivity (Wildman–Crippen MR) is 51.6 cm³/mol. The summed E-state index contributed by atoms with van der Waals surface area (Å²) in [5.41, 5.74) is 0.694. The molecule has 7 heteroatoms. The summed E-state index contributed by atoms with van der Waals surface area (Å²) in [5.74, 6) is 0.539. The average molecular weight is 225 g/mol. The molecule has 1 heterocycles. The summed E-state index contributed by atoms with van der Waals surface area (Å²) in [6.45, 7) is 0. The Kier molecular flexibility index (Phi) is 2.25. The molecule has 0 saturated heterocycles. The number of benzene rings is 1. The van der Waals surface area contributed by atoms with Crippen molar-refractivity contribution in [1.29, 1.82) is 0 Å². The van der Waals surface area contributed by atoms with E-state index in [1.807, 2.05) is 0 Å². The van der Waals surface area contributed by atoms with E-state index in [2.05, 4.69) is 15.2 Å². The van der Waals surface area contributed by atoms with Gasteiger partial charge in [0, 0.05) is 5.56 Å². The third-order valence-corrected chi connectivity index (χ3v) is 2.71. The highest BCUT2D eigenvalue weighted by atomic mass is 32.2. The molecular weight excluding hydrogens is 218 g/mol. The number of aromatic amines is 1. The molecule has 0 unspecified atom stereocenters. The molecule has 0 aliphatic carbocycles. The lowest BCUT2D eigenvalue weighted by Gasteiger charge is -1.98. The Balaban J connectivity index is 2.42. The van der Waals surface area contributed by atoms with E-state index < -0.39 is 10.1 Å². The summed E-state index contributed by atoms with van der Waals surface area (Å²) in [4.78, 5) is 3.75. The molecule has 0 aliphatic rings. The zero-order valence-corrected chi connectivity index (χ0v) is 8.27. The highest BCUT2D eigenvalue weighted by Crippen LogP contribution is 2.16. The van der Waals surface area contributed by atoms with Crippen LogP contribution >= 0.6 is 0 Å². The zero-order valence-electron chi connectivity index (χ0n) is 7.45. The quantitative estimate of drug-likeness (QED) is 0.734. The van der Waals surface area contributed by atoms with Gasteiger partial charge in [0.15, 0.2) is 5.82 Å². The van der Waals surface area contributed by atoms with Crippen LogP contribution in [0.25, 0.3) is 11.4 Å². The first-order chi connectivity index (χ1) is 7.07. The van der Waals surface area contributed by atoms with Crippen molar-refractivity contribution < 1.29 is 13.0 Å². The number of H-pyrrole nitrogens is 1. The number of nitrogens with zero attached hydrogens (tertiary/aromatic N) is 2. The van der Waals surface area contributed by atoms with Crippen molar-refractivity contribution in [2.24, 2.45) is 0 Å². The molecule has 6 nitrogen and oxygen atoms in total. The van der Waals surface area contributed by atoms with Crippen LogP contribution in [0.1, 0.15) is 0 Å². The van der Waals surface area contributed by atoms with Crippen LogP contribution in [-0.2, 0) is 10.1 Å². The van der Waals surface area contributed by atoms with E-state index in [1.165, 1.54) is 30.6 Å². The Hall–Kier alpha value is -1.73. The molecule has 0 spiro atoms. The van der Waals surface area contributed by atoms with Gasteiger partial charge in [0.05, 0.1) is 4.90 Å². The van der Waals surface area contributed by atoms with Crippen molar-refractivity contribution in [3.05, 3.63) is 30.6 Å². The molecule has 1 aromatic heterocycles. The van der Waals surface area contributed by atoms with Crippen LogP contribution in [0.3, 0.4) is 0 Å². The summed E-state index contributed by atoms with van der Waals surface area (Å²) in [6, 6.07) is 5.66. The van der Waals surface area contributed by atoms with Gasteiger partial charge in [0.25, 0.3) is 10.1 Å². The van der Waals surface area contributed by atoms with E-state index in [0.717, 1.165) is 0 Å². The molecular formula is C8H7N3O3S. The van der Waals surface area contributed by atoms with Crippen molar-refractivity contribution in [3.63, 3.8) is 0 Å². The zero-order chi connectivity index (χ0) is 10.9. The SMILES string of the molecule is O=S(=O)(O)c1ccc(-c2ncn[nH]2)cc1. The van der Waals surface area contributed by atoms with Crippen molar-refractivity contribution >= 4 is 10.1 Å². The molecule has 78 valence electrons.